The van der Waals surface area contributed by atoms with E-state index < -0.39 is 6.68 Å². The molecule has 1 amide bonds. The lowest BCUT2D eigenvalue weighted by Crippen LogP contribution is -2.36. The Bertz CT molecular complexity index is 896. The van der Waals surface area contributed by atoms with E-state index in [-0.39, 0.29) is 5.91 Å². The lowest BCUT2D eigenvalue weighted by molar-refractivity contribution is 0.00818. The largest absolute Gasteiger partial charge is 0.379 e. The SMILES string of the molecule is C=C(C)c1cc(N2CCOCC2)cc(C)c1C(=O)NCc1ccc(Cl)cc1.FC(F)F. The van der Waals surface area contributed by atoms with Gasteiger partial charge < -0.3 is 15.0 Å². The minimum Gasteiger partial charge on any atom is -0.378 e. The van der Waals surface area contributed by atoms with Gasteiger partial charge in [-0.25, -0.2) is 0 Å². The fourth-order valence-electron chi connectivity index (χ4n) is 3.28. The predicted octanol–water partition coefficient (Wildman–Crippen LogP) is 5.63. The van der Waals surface area contributed by atoms with E-state index in [2.05, 4.69) is 28.9 Å². The summed E-state index contributed by atoms with van der Waals surface area (Å²) < 4.78 is 34.4. The number of amides is 1. The standard InChI is InChI=1S/C22H25ClN2O2.CHF3/c1-15(2)20-13-19(25-8-10-27-11-9-25)12-16(3)21(20)22(26)24-14-17-4-6-18(23)7-5-17;2-1(3)4/h4-7,12-13H,1,8-11,14H2,2-3H3,(H,24,26);1H. The summed E-state index contributed by atoms with van der Waals surface area (Å²) in [5.74, 6) is -0.0889. The van der Waals surface area contributed by atoms with Gasteiger partial charge in [0.1, 0.15) is 0 Å². The number of aryl methyl sites for hydroxylation is 1. The van der Waals surface area contributed by atoms with Gasteiger partial charge in [-0.15, -0.1) is 0 Å². The number of alkyl halides is 3. The highest BCUT2D eigenvalue weighted by molar-refractivity contribution is 6.30. The van der Waals surface area contributed by atoms with Crippen LogP contribution in [0.2, 0.25) is 5.02 Å². The molecule has 0 aliphatic carbocycles. The van der Waals surface area contributed by atoms with Crippen LogP contribution in [0, 0.1) is 6.92 Å². The van der Waals surface area contributed by atoms with Gasteiger partial charge in [0, 0.05) is 35.9 Å². The van der Waals surface area contributed by atoms with Crippen LogP contribution in [-0.4, -0.2) is 38.9 Å². The summed E-state index contributed by atoms with van der Waals surface area (Å²) in [6.07, 6.45) is 0. The Labute approximate surface area is 185 Å². The van der Waals surface area contributed by atoms with Gasteiger partial charge in [-0.2, -0.15) is 13.2 Å². The number of anilines is 1. The molecule has 2 aromatic carbocycles. The van der Waals surface area contributed by atoms with Crippen molar-refractivity contribution in [1.29, 1.82) is 0 Å². The van der Waals surface area contributed by atoms with Crippen molar-refractivity contribution in [3.63, 3.8) is 0 Å². The van der Waals surface area contributed by atoms with Crippen molar-refractivity contribution in [3.05, 3.63) is 70.3 Å². The number of ether oxygens (including phenoxy) is 1. The molecular formula is C23H26ClF3N2O2. The Hall–Kier alpha value is -2.51. The molecule has 0 unspecified atom stereocenters. The van der Waals surface area contributed by atoms with Crippen molar-refractivity contribution in [1.82, 2.24) is 5.32 Å². The Morgan fingerprint density at radius 2 is 1.77 bits per heavy atom. The number of benzene rings is 2. The topological polar surface area (TPSA) is 41.6 Å². The molecule has 0 atom stereocenters. The van der Waals surface area contributed by atoms with Crippen LogP contribution in [0.25, 0.3) is 5.57 Å². The molecule has 1 N–H and O–H groups in total. The maximum atomic E-state index is 12.9. The van der Waals surface area contributed by atoms with Gasteiger partial charge in [-0.1, -0.05) is 35.9 Å². The van der Waals surface area contributed by atoms with Crippen LogP contribution < -0.4 is 10.2 Å². The van der Waals surface area contributed by atoms with E-state index in [1.807, 2.05) is 38.1 Å². The Morgan fingerprint density at radius 3 is 2.32 bits per heavy atom. The Morgan fingerprint density at radius 1 is 1.19 bits per heavy atom. The summed E-state index contributed by atoms with van der Waals surface area (Å²) in [5.41, 5.74) is 5.53. The number of morpholine rings is 1. The fraction of sp³-hybridized carbons (Fsp3) is 0.348. The van der Waals surface area contributed by atoms with Crippen LogP contribution in [0.15, 0.2) is 43.0 Å². The third kappa shape index (κ3) is 7.60. The number of carbonyl (C=O) groups excluding carboxylic acids is 1. The molecule has 0 spiro atoms. The van der Waals surface area contributed by atoms with Gasteiger partial charge in [-0.05, 0) is 54.8 Å². The number of nitrogens with one attached hydrogen (secondary N) is 1. The quantitative estimate of drug-likeness (QED) is 0.637. The first kappa shape index (κ1) is 24.8. The zero-order chi connectivity index (χ0) is 23.0. The summed E-state index contributed by atoms with van der Waals surface area (Å²) in [5, 5.41) is 3.70. The number of hydrogen-bond donors (Lipinski definition) is 1. The number of allylic oxidation sites excluding steroid dienone is 1. The van der Waals surface area contributed by atoms with Gasteiger partial charge >= 0.3 is 6.68 Å². The van der Waals surface area contributed by atoms with E-state index in [1.165, 1.54) is 0 Å². The van der Waals surface area contributed by atoms with Gasteiger partial charge in [0.2, 0.25) is 0 Å². The highest BCUT2D eigenvalue weighted by Gasteiger charge is 2.19. The molecule has 0 aromatic heterocycles. The lowest BCUT2D eigenvalue weighted by atomic mass is 9.95. The Balaban J connectivity index is 0.000000785. The van der Waals surface area contributed by atoms with Crippen LogP contribution >= 0.6 is 11.6 Å². The molecule has 1 aliphatic rings. The minimum atomic E-state index is -3.67. The van der Waals surface area contributed by atoms with Crippen LogP contribution in [0.4, 0.5) is 18.9 Å². The molecule has 1 fully saturated rings. The van der Waals surface area contributed by atoms with Crippen LogP contribution in [0.1, 0.15) is 34.0 Å². The summed E-state index contributed by atoms with van der Waals surface area (Å²) in [6, 6.07) is 11.6. The van der Waals surface area contributed by atoms with E-state index in [9.17, 15) is 18.0 Å². The minimum absolute atomic E-state index is 0.0889. The first-order chi connectivity index (χ1) is 14.7. The third-order valence-corrected chi connectivity index (χ3v) is 5.00. The second-order valence-electron chi connectivity index (χ2n) is 7.12. The van der Waals surface area contributed by atoms with Crippen molar-refractivity contribution >= 4 is 28.8 Å². The molecule has 1 heterocycles. The van der Waals surface area contributed by atoms with E-state index in [0.29, 0.717) is 17.1 Å². The summed E-state index contributed by atoms with van der Waals surface area (Å²) >= 11 is 5.92. The molecule has 1 saturated heterocycles. The van der Waals surface area contributed by atoms with Crippen molar-refractivity contribution in [2.75, 3.05) is 31.2 Å². The van der Waals surface area contributed by atoms with Crippen molar-refractivity contribution in [3.8, 4) is 0 Å². The normalized spacial score (nSPS) is 13.5. The highest BCUT2D eigenvalue weighted by Crippen LogP contribution is 2.28. The molecular weight excluding hydrogens is 429 g/mol. The second kappa shape index (κ2) is 11.8. The molecule has 0 saturated carbocycles. The van der Waals surface area contributed by atoms with Gasteiger partial charge in [0.05, 0.1) is 13.2 Å². The zero-order valence-corrected chi connectivity index (χ0v) is 18.3. The number of rotatable bonds is 5. The molecule has 0 radical (unpaired) electrons. The molecule has 31 heavy (non-hydrogen) atoms. The van der Waals surface area contributed by atoms with E-state index >= 15 is 0 Å². The average molecular weight is 455 g/mol. The molecule has 4 nitrogen and oxygen atoms in total. The van der Waals surface area contributed by atoms with Crippen molar-refractivity contribution in [2.24, 2.45) is 0 Å². The van der Waals surface area contributed by atoms with Crippen LogP contribution in [-0.2, 0) is 11.3 Å². The molecule has 3 rings (SSSR count). The van der Waals surface area contributed by atoms with Crippen LogP contribution in [0.3, 0.4) is 0 Å². The van der Waals surface area contributed by atoms with E-state index in [0.717, 1.165) is 54.3 Å². The van der Waals surface area contributed by atoms with Gasteiger partial charge in [-0.3, -0.25) is 4.79 Å². The first-order valence-corrected chi connectivity index (χ1v) is 10.1. The van der Waals surface area contributed by atoms with Crippen molar-refractivity contribution in [2.45, 2.75) is 27.1 Å². The Kier molecular flexibility index (Phi) is 9.40. The molecule has 168 valence electrons. The maximum Gasteiger partial charge on any atom is 0.379 e. The van der Waals surface area contributed by atoms with E-state index in [4.69, 9.17) is 16.3 Å². The molecule has 2 aromatic rings. The number of halogens is 4. The summed E-state index contributed by atoms with van der Waals surface area (Å²) in [4.78, 5) is 15.2. The van der Waals surface area contributed by atoms with E-state index in [1.54, 1.807) is 0 Å². The monoisotopic (exact) mass is 454 g/mol. The lowest BCUT2D eigenvalue weighted by Gasteiger charge is -2.30. The van der Waals surface area contributed by atoms with Crippen molar-refractivity contribution < 1.29 is 22.7 Å². The molecule has 1 aliphatic heterocycles. The predicted molar refractivity (Wildman–Crippen MR) is 119 cm³/mol. The maximum absolute atomic E-state index is 12.9. The third-order valence-electron chi connectivity index (χ3n) is 4.75. The summed E-state index contributed by atoms with van der Waals surface area (Å²) in [7, 11) is 0. The first-order valence-electron chi connectivity index (χ1n) is 9.77. The zero-order valence-electron chi connectivity index (χ0n) is 17.6. The van der Waals surface area contributed by atoms with Crippen LogP contribution in [0.5, 0.6) is 0 Å². The average Bonchev–Trinajstić information content (AvgIpc) is 2.72. The number of nitrogens with zero attached hydrogens (tertiary/aromatic N) is 1. The molecule has 8 heteroatoms. The molecule has 0 bridgehead atoms. The number of carbonyl (C=O) groups is 1. The second-order valence-corrected chi connectivity index (χ2v) is 7.56. The smallest absolute Gasteiger partial charge is 0.378 e. The van der Waals surface area contributed by atoms with Gasteiger partial charge in [0.15, 0.2) is 0 Å². The highest BCUT2D eigenvalue weighted by atomic mass is 35.5. The number of hydrogen-bond acceptors (Lipinski definition) is 3. The van der Waals surface area contributed by atoms with Gasteiger partial charge in [0.25, 0.3) is 5.91 Å². The summed E-state index contributed by atoms with van der Waals surface area (Å²) in [6.45, 7) is 7.96. The fourth-order valence-corrected chi connectivity index (χ4v) is 3.41.